The van der Waals surface area contributed by atoms with Gasteiger partial charge >= 0.3 is 0 Å². The van der Waals surface area contributed by atoms with Crippen molar-refractivity contribution in [2.75, 3.05) is 37.7 Å². The molecule has 0 saturated carbocycles. The molecule has 2 aromatic carbocycles. The molecule has 1 atom stereocenters. The standard InChI is InChI=1S/C23H25Cl2N3O3/c24-18-12-17(13-19(25)14-18)23(30)28-7-1-2-21(28)22(29)26-15-16-3-5-20(6-4-16)27-8-10-31-11-9-27/h3-6,12-14,21H,1-2,7-11,15H2,(H,26,29). The molecule has 2 fully saturated rings. The quantitative estimate of drug-likeness (QED) is 0.736. The minimum absolute atomic E-state index is 0.142. The van der Waals surface area contributed by atoms with Crippen LogP contribution in [-0.4, -0.2) is 55.6 Å². The zero-order valence-corrected chi connectivity index (χ0v) is 18.7. The van der Waals surface area contributed by atoms with Crippen molar-refractivity contribution >= 4 is 40.7 Å². The van der Waals surface area contributed by atoms with E-state index in [0.29, 0.717) is 35.1 Å². The van der Waals surface area contributed by atoms with Crippen molar-refractivity contribution in [2.45, 2.75) is 25.4 Å². The van der Waals surface area contributed by atoms with E-state index in [1.165, 1.54) is 0 Å². The summed E-state index contributed by atoms with van der Waals surface area (Å²) in [7, 11) is 0. The van der Waals surface area contributed by atoms with Crippen LogP contribution in [0.15, 0.2) is 42.5 Å². The Morgan fingerprint density at radius 2 is 1.68 bits per heavy atom. The molecule has 6 nitrogen and oxygen atoms in total. The van der Waals surface area contributed by atoms with Crippen molar-refractivity contribution in [1.29, 1.82) is 0 Å². The Bertz CT molecular complexity index is 925. The van der Waals surface area contributed by atoms with Crippen LogP contribution in [0, 0.1) is 0 Å². The van der Waals surface area contributed by atoms with Crippen LogP contribution in [0.5, 0.6) is 0 Å². The van der Waals surface area contributed by atoms with E-state index in [0.717, 1.165) is 44.0 Å². The Morgan fingerprint density at radius 1 is 1.00 bits per heavy atom. The van der Waals surface area contributed by atoms with Gasteiger partial charge in [-0.25, -0.2) is 0 Å². The van der Waals surface area contributed by atoms with Gasteiger partial charge in [-0.05, 0) is 48.7 Å². The van der Waals surface area contributed by atoms with Gasteiger partial charge in [0.05, 0.1) is 13.2 Å². The molecular weight excluding hydrogens is 437 g/mol. The second kappa shape index (κ2) is 9.90. The summed E-state index contributed by atoms with van der Waals surface area (Å²) in [6, 6.07) is 12.4. The lowest BCUT2D eigenvalue weighted by Gasteiger charge is -2.29. The second-order valence-electron chi connectivity index (χ2n) is 7.80. The first-order valence-corrected chi connectivity index (χ1v) is 11.2. The van der Waals surface area contributed by atoms with Gasteiger partial charge in [-0.2, -0.15) is 0 Å². The number of nitrogens with zero attached hydrogens (tertiary/aromatic N) is 2. The van der Waals surface area contributed by atoms with E-state index in [4.69, 9.17) is 27.9 Å². The molecule has 2 aliphatic heterocycles. The molecule has 0 bridgehead atoms. The van der Waals surface area contributed by atoms with Crippen LogP contribution < -0.4 is 10.2 Å². The highest BCUT2D eigenvalue weighted by molar-refractivity contribution is 6.35. The number of rotatable bonds is 5. The molecule has 0 radical (unpaired) electrons. The number of anilines is 1. The summed E-state index contributed by atoms with van der Waals surface area (Å²) >= 11 is 12.1. The largest absolute Gasteiger partial charge is 0.378 e. The maximum absolute atomic E-state index is 12.9. The number of amides is 2. The van der Waals surface area contributed by atoms with E-state index in [1.54, 1.807) is 23.1 Å². The number of carbonyl (C=O) groups excluding carboxylic acids is 2. The van der Waals surface area contributed by atoms with Gasteiger partial charge in [-0.3, -0.25) is 9.59 Å². The van der Waals surface area contributed by atoms with Crippen LogP contribution in [0.25, 0.3) is 0 Å². The highest BCUT2D eigenvalue weighted by atomic mass is 35.5. The van der Waals surface area contributed by atoms with Gasteiger partial charge in [0, 0.05) is 47.5 Å². The molecule has 2 heterocycles. The minimum Gasteiger partial charge on any atom is -0.378 e. The zero-order valence-electron chi connectivity index (χ0n) is 17.2. The third-order valence-electron chi connectivity index (χ3n) is 5.71. The molecule has 1 unspecified atom stereocenters. The molecule has 8 heteroatoms. The van der Waals surface area contributed by atoms with Crippen LogP contribution >= 0.6 is 23.2 Å². The molecule has 1 N–H and O–H groups in total. The molecule has 2 aliphatic rings. The van der Waals surface area contributed by atoms with Gasteiger partial charge in [0.25, 0.3) is 5.91 Å². The Hall–Kier alpha value is -2.28. The van der Waals surface area contributed by atoms with E-state index < -0.39 is 6.04 Å². The molecule has 0 aliphatic carbocycles. The number of benzene rings is 2. The normalized spacial score (nSPS) is 18.8. The van der Waals surface area contributed by atoms with Gasteiger partial charge < -0.3 is 19.9 Å². The number of hydrogen-bond donors (Lipinski definition) is 1. The monoisotopic (exact) mass is 461 g/mol. The number of morpholine rings is 1. The van der Waals surface area contributed by atoms with E-state index in [-0.39, 0.29) is 11.8 Å². The first-order valence-electron chi connectivity index (χ1n) is 10.5. The Morgan fingerprint density at radius 3 is 2.35 bits per heavy atom. The minimum atomic E-state index is -0.488. The number of ether oxygens (including phenoxy) is 1. The number of carbonyl (C=O) groups is 2. The molecule has 2 aromatic rings. The maximum Gasteiger partial charge on any atom is 0.254 e. The second-order valence-corrected chi connectivity index (χ2v) is 8.67. The molecular formula is C23H25Cl2N3O3. The number of halogens is 2. The average Bonchev–Trinajstić information content (AvgIpc) is 3.27. The predicted molar refractivity (Wildman–Crippen MR) is 122 cm³/mol. The van der Waals surface area contributed by atoms with Crippen LogP contribution in [0.2, 0.25) is 10.0 Å². The van der Waals surface area contributed by atoms with Gasteiger partial charge in [-0.15, -0.1) is 0 Å². The lowest BCUT2D eigenvalue weighted by Crippen LogP contribution is -2.45. The van der Waals surface area contributed by atoms with Crippen molar-refractivity contribution in [3.63, 3.8) is 0 Å². The number of likely N-dealkylation sites (tertiary alicyclic amines) is 1. The summed E-state index contributed by atoms with van der Waals surface area (Å²) in [6.45, 7) is 4.23. The Balaban J connectivity index is 1.36. The highest BCUT2D eigenvalue weighted by Gasteiger charge is 2.34. The van der Waals surface area contributed by atoms with Crippen LogP contribution in [0.4, 0.5) is 5.69 Å². The highest BCUT2D eigenvalue weighted by Crippen LogP contribution is 2.25. The topological polar surface area (TPSA) is 61.9 Å². The van der Waals surface area contributed by atoms with Crippen molar-refractivity contribution in [1.82, 2.24) is 10.2 Å². The van der Waals surface area contributed by atoms with Crippen molar-refractivity contribution in [3.8, 4) is 0 Å². The fourth-order valence-electron chi connectivity index (χ4n) is 4.08. The number of nitrogens with one attached hydrogen (secondary N) is 1. The summed E-state index contributed by atoms with van der Waals surface area (Å²) in [5.74, 6) is -0.367. The number of hydrogen-bond acceptors (Lipinski definition) is 4. The van der Waals surface area contributed by atoms with Crippen LogP contribution in [0.3, 0.4) is 0 Å². The molecule has 2 saturated heterocycles. The molecule has 4 rings (SSSR count). The fraction of sp³-hybridized carbons (Fsp3) is 0.391. The summed E-state index contributed by atoms with van der Waals surface area (Å²) < 4.78 is 5.39. The Labute approximate surface area is 192 Å². The van der Waals surface area contributed by atoms with E-state index in [2.05, 4.69) is 22.3 Å². The zero-order chi connectivity index (χ0) is 21.8. The van der Waals surface area contributed by atoms with Crippen molar-refractivity contribution in [2.24, 2.45) is 0 Å². The molecule has 0 spiro atoms. The third kappa shape index (κ3) is 5.32. The third-order valence-corrected chi connectivity index (χ3v) is 6.14. The van der Waals surface area contributed by atoms with Gasteiger partial charge in [0.2, 0.25) is 5.91 Å². The molecule has 2 amide bonds. The van der Waals surface area contributed by atoms with Gasteiger partial charge in [-0.1, -0.05) is 35.3 Å². The van der Waals surface area contributed by atoms with Crippen LogP contribution in [-0.2, 0) is 16.1 Å². The molecule has 31 heavy (non-hydrogen) atoms. The first kappa shape index (κ1) is 21.9. The smallest absolute Gasteiger partial charge is 0.254 e. The van der Waals surface area contributed by atoms with Crippen molar-refractivity contribution in [3.05, 3.63) is 63.6 Å². The molecule has 164 valence electrons. The Kier molecular flexibility index (Phi) is 7.00. The van der Waals surface area contributed by atoms with E-state index >= 15 is 0 Å². The summed E-state index contributed by atoms with van der Waals surface area (Å²) in [5.41, 5.74) is 2.57. The van der Waals surface area contributed by atoms with E-state index in [1.807, 2.05) is 12.1 Å². The maximum atomic E-state index is 12.9. The van der Waals surface area contributed by atoms with Crippen LogP contribution in [0.1, 0.15) is 28.8 Å². The first-order chi connectivity index (χ1) is 15.0. The summed E-state index contributed by atoms with van der Waals surface area (Å²) in [4.78, 5) is 29.7. The lowest BCUT2D eigenvalue weighted by atomic mass is 10.1. The SMILES string of the molecule is O=C(NCc1ccc(N2CCOCC2)cc1)C1CCCN1C(=O)c1cc(Cl)cc(Cl)c1. The fourth-order valence-corrected chi connectivity index (χ4v) is 4.60. The predicted octanol–water partition coefficient (Wildman–Crippen LogP) is 3.75. The van der Waals surface area contributed by atoms with Gasteiger partial charge in [0.1, 0.15) is 6.04 Å². The van der Waals surface area contributed by atoms with Crippen molar-refractivity contribution < 1.29 is 14.3 Å². The lowest BCUT2D eigenvalue weighted by molar-refractivity contribution is -0.125. The molecule has 0 aromatic heterocycles. The van der Waals surface area contributed by atoms with E-state index in [9.17, 15) is 9.59 Å². The summed E-state index contributed by atoms with van der Waals surface area (Å²) in [6.07, 6.45) is 1.42. The van der Waals surface area contributed by atoms with Gasteiger partial charge in [0.15, 0.2) is 0 Å². The summed E-state index contributed by atoms with van der Waals surface area (Å²) in [5, 5.41) is 3.78. The average molecular weight is 462 g/mol.